The fourth-order valence-corrected chi connectivity index (χ4v) is 2.58. The van der Waals surface area contributed by atoms with Crippen LogP contribution in [0.2, 0.25) is 0 Å². The highest BCUT2D eigenvalue weighted by Gasteiger charge is 2.09. The van der Waals surface area contributed by atoms with Crippen molar-refractivity contribution in [3.8, 4) is 5.75 Å². The first-order valence-electron chi connectivity index (χ1n) is 8.24. The zero-order valence-corrected chi connectivity index (χ0v) is 13.9. The van der Waals surface area contributed by atoms with Gasteiger partial charge in [0.2, 0.25) is 0 Å². The number of rotatable bonds is 8. The Labute approximate surface area is 134 Å². The van der Waals surface area contributed by atoms with Crippen molar-refractivity contribution in [2.45, 2.75) is 46.2 Å². The van der Waals surface area contributed by atoms with Crippen molar-refractivity contribution in [3.63, 3.8) is 0 Å². The van der Waals surface area contributed by atoms with Gasteiger partial charge in [-0.2, -0.15) is 0 Å². The average Bonchev–Trinajstić information content (AvgIpc) is 2.54. The van der Waals surface area contributed by atoms with Crippen molar-refractivity contribution in [3.05, 3.63) is 65.2 Å². The number of hydrogen-bond acceptors (Lipinski definition) is 2. The van der Waals surface area contributed by atoms with Gasteiger partial charge in [0.1, 0.15) is 5.75 Å². The Morgan fingerprint density at radius 1 is 1.05 bits per heavy atom. The fourth-order valence-electron chi connectivity index (χ4n) is 2.58. The zero-order valence-electron chi connectivity index (χ0n) is 13.9. The molecule has 0 bridgehead atoms. The van der Waals surface area contributed by atoms with Crippen LogP contribution >= 0.6 is 0 Å². The summed E-state index contributed by atoms with van der Waals surface area (Å²) >= 11 is 0. The molecule has 0 amide bonds. The van der Waals surface area contributed by atoms with Crippen molar-refractivity contribution in [2.75, 3.05) is 6.61 Å². The molecule has 118 valence electrons. The fraction of sp³-hybridized carbons (Fsp3) is 0.400. The SMILES string of the molecule is CCCOc1ccc(C(CC)NCc2cccc(C)c2)cc1. The summed E-state index contributed by atoms with van der Waals surface area (Å²) in [5, 5.41) is 3.65. The van der Waals surface area contributed by atoms with Crippen LogP contribution in [0, 0.1) is 6.92 Å². The van der Waals surface area contributed by atoms with E-state index in [0.717, 1.165) is 31.7 Å². The molecule has 1 atom stereocenters. The van der Waals surface area contributed by atoms with Gasteiger partial charge in [-0.1, -0.05) is 55.8 Å². The van der Waals surface area contributed by atoms with Crippen LogP contribution in [-0.4, -0.2) is 6.61 Å². The summed E-state index contributed by atoms with van der Waals surface area (Å²) in [5.41, 5.74) is 3.96. The van der Waals surface area contributed by atoms with Gasteiger partial charge in [0.15, 0.2) is 0 Å². The minimum atomic E-state index is 0.376. The van der Waals surface area contributed by atoms with E-state index in [1.54, 1.807) is 0 Å². The number of hydrogen-bond donors (Lipinski definition) is 1. The molecule has 0 spiro atoms. The van der Waals surface area contributed by atoms with Gasteiger partial charge in [-0.05, 0) is 43.0 Å². The van der Waals surface area contributed by atoms with Crippen LogP contribution in [0.4, 0.5) is 0 Å². The summed E-state index contributed by atoms with van der Waals surface area (Å²) in [5.74, 6) is 0.958. The smallest absolute Gasteiger partial charge is 0.119 e. The second-order valence-corrected chi connectivity index (χ2v) is 5.75. The third-order valence-electron chi connectivity index (χ3n) is 3.80. The predicted molar refractivity (Wildman–Crippen MR) is 93.3 cm³/mol. The minimum Gasteiger partial charge on any atom is -0.494 e. The van der Waals surface area contributed by atoms with Crippen LogP contribution in [0.1, 0.15) is 49.4 Å². The predicted octanol–water partition coefficient (Wildman–Crippen LogP) is 5.02. The summed E-state index contributed by atoms with van der Waals surface area (Å²) in [6.07, 6.45) is 2.11. The molecule has 0 saturated carbocycles. The topological polar surface area (TPSA) is 21.3 Å². The first-order chi connectivity index (χ1) is 10.7. The maximum absolute atomic E-state index is 5.65. The second kappa shape index (κ2) is 8.60. The lowest BCUT2D eigenvalue weighted by Crippen LogP contribution is -2.20. The van der Waals surface area contributed by atoms with Crippen LogP contribution in [0.3, 0.4) is 0 Å². The molecular weight excluding hydrogens is 270 g/mol. The molecule has 2 heteroatoms. The Balaban J connectivity index is 1.95. The molecular formula is C20H27NO. The summed E-state index contributed by atoms with van der Waals surface area (Å²) in [4.78, 5) is 0. The van der Waals surface area contributed by atoms with Gasteiger partial charge in [-0.15, -0.1) is 0 Å². The van der Waals surface area contributed by atoms with E-state index in [-0.39, 0.29) is 0 Å². The minimum absolute atomic E-state index is 0.376. The molecule has 1 N–H and O–H groups in total. The Hall–Kier alpha value is -1.80. The number of ether oxygens (including phenoxy) is 1. The van der Waals surface area contributed by atoms with Crippen molar-refractivity contribution < 1.29 is 4.74 Å². The molecule has 2 rings (SSSR count). The van der Waals surface area contributed by atoms with Crippen molar-refractivity contribution in [1.82, 2.24) is 5.32 Å². The molecule has 0 aliphatic carbocycles. The summed E-state index contributed by atoms with van der Waals surface area (Å²) in [7, 11) is 0. The van der Waals surface area contributed by atoms with Gasteiger partial charge >= 0.3 is 0 Å². The Morgan fingerprint density at radius 2 is 1.82 bits per heavy atom. The second-order valence-electron chi connectivity index (χ2n) is 5.75. The van der Waals surface area contributed by atoms with Gasteiger partial charge in [0, 0.05) is 12.6 Å². The lowest BCUT2D eigenvalue weighted by atomic mass is 10.0. The van der Waals surface area contributed by atoms with E-state index in [2.05, 4.69) is 74.6 Å². The van der Waals surface area contributed by atoms with Crippen LogP contribution in [0.25, 0.3) is 0 Å². The average molecular weight is 297 g/mol. The van der Waals surface area contributed by atoms with Crippen LogP contribution in [0.15, 0.2) is 48.5 Å². The van der Waals surface area contributed by atoms with Gasteiger partial charge < -0.3 is 10.1 Å². The molecule has 0 saturated heterocycles. The van der Waals surface area contributed by atoms with E-state index in [1.807, 2.05) is 0 Å². The molecule has 2 aromatic carbocycles. The van der Waals surface area contributed by atoms with E-state index in [0.29, 0.717) is 6.04 Å². The first-order valence-corrected chi connectivity index (χ1v) is 8.24. The molecule has 1 unspecified atom stereocenters. The van der Waals surface area contributed by atoms with E-state index < -0.39 is 0 Å². The number of benzene rings is 2. The van der Waals surface area contributed by atoms with E-state index >= 15 is 0 Å². The summed E-state index contributed by atoms with van der Waals surface area (Å²) in [6.45, 7) is 8.15. The third kappa shape index (κ3) is 4.88. The zero-order chi connectivity index (χ0) is 15.8. The highest BCUT2D eigenvalue weighted by atomic mass is 16.5. The molecule has 2 aromatic rings. The quantitative estimate of drug-likeness (QED) is 0.738. The van der Waals surface area contributed by atoms with Crippen LogP contribution in [0.5, 0.6) is 5.75 Å². The lowest BCUT2D eigenvalue weighted by molar-refractivity contribution is 0.317. The maximum Gasteiger partial charge on any atom is 0.119 e. The molecule has 0 aromatic heterocycles. The van der Waals surface area contributed by atoms with Gasteiger partial charge in [-0.25, -0.2) is 0 Å². The molecule has 0 aliphatic heterocycles. The number of aryl methyl sites for hydroxylation is 1. The van der Waals surface area contributed by atoms with E-state index in [9.17, 15) is 0 Å². The van der Waals surface area contributed by atoms with Gasteiger partial charge in [0.05, 0.1) is 6.61 Å². The standard InChI is InChI=1S/C20H27NO/c1-4-13-22-19-11-9-18(10-12-19)20(5-2)21-15-17-8-6-7-16(3)14-17/h6-12,14,20-21H,4-5,13,15H2,1-3H3. The number of nitrogens with one attached hydrogen (secondary N) is 1. The van der Waals surface area contributed by atoms with Crippen LogP contribution < -0.4 is 10.1 Å². The molecule has 0 radical (unpaired) electrons. The summed E-state index contributed by atoms with van der Waals surface area (Å²) in [6, 6.07) is 17.5. The first kappa shape index (κ1) is 16.6. The maximum atomic E-state index is 5.65. The lowest BCUT2D eigenvalue weighted by Gasteiger charge is -2.18. The Morgan fingerprint density at radius 3 is 2.45 bits per heavy atom. The Bertz CT molecular complexity index is 562. The van der Waals surface area contributed by atoms with E-state index in [4.69, 9.17) is 4.74 Å². The highest BCUT2D eigenvalue weighted by Crippen LogP contribution is 2.21. The van der Waals surface area contributed by atoms with E-state index in [1.165, 1.54) is 16.7 Å². The van der Waals surface area contributed by atoms with Gasteiger partial charge in [0.25, 0.3) is 0 Å². The normalized spacial score (nSPS) is 12.1. The molecule has 22 heavy (non-hydrogen) atoms. The summed E-state index contributed by atoms with van der Waals surface area (Å²) < 4.78 is 5.65. The molecule has 0 aliphatic rings. The van der Waals surface area contributed by atoms with Gasteiger partial charge in [-0.3, -0.25) is 0 Å². The molecule has 0 fully saturated rings. The largest absolute Gasteiger partial charge is 0.494 e. The third-order valence-corrected chi connectivity index (χ3v) is 3.80. The molecule has 0 heterocycles. The van der Waals surface area contributed by atoms with Crippen LogP contribution in [-0.2, 0) is 6.54 Å². The van der Waals surface area contributed by atoms with Crippen molar-refractivity contribution in [1.29, 1.82) is 0 Å². The Kier molecular flexibility index (Phi) is 6.47. The van der Waals surface area contributed by atoms with Crippen molar-refractivity contribution >= 4 is 0 Å². The monoisotopic (exact) mass is 297 g/mol. The van der Waals surface area contributed by atoms with Crippen molar-refractivity contribution in [2.24, 2.45) is 0 Å². The highest BCUT2D eigenvalue weighted by molar-refractivity contribution is 5.29. The molecule has 2 nitrogen and oxygen atoms in total.